The Morgan fingerprint density at radius 1 is 0.800 bits per heavy atom. The summed E-state index contributed by atoms with van der Waals surface area (Å²) in [5.41, 5.74) is 1.15. The highest BCUT2D eigenvalue weighted by Crippen LogP contribution is 2.46. The number of rotatable bonds is 8. The predicted molar refractivity (Wildman–Crippen MR) is 93.5 cm³/mol. The third-order valence-corrected chi connectivity index (χ3v) is 4.03. The first kappa shape index (κ1) is 18.9. The van der Waals surface area contributed by atoms with Gasteiger partial charge in [-0.05, 0) is 23.8 Å². The van der Waals surface area contributed by atoms with Crippen molar-refractivity contribution in [1.29, 1.82) is 0 Å². The van der Waals surface area contributed by atoms with E-state index in [1.54, 1.807) is 18.2 Å². The van der Waals surface area contributed by atoms with Gasteiger partial charge in [-0.15, -0.1) is 0 Å². The molecule has 0 unspecified atom stereocenters. The van der Waals surface area contributed by atoms with Gasteiger partial charge in [0.05, 0.1) is 13.2 Å². The zero-order chi connectivity index (χ0) is 18.4. The van der Waals surface area contributed by atoms with Gasteiger partial charge in [-0.3, -0.25) is 0 Å². The molecule has 0 atom stereocenters. The number of aromatic hydroxyl groups is 2. The van der Waals surface area contributed by atoms with Gasteiger partial charge in [0.15, 0.2) is 11.5 Å². The summed E-state index contributed by atoms with van der Waals surface area (Å²) < 4.78 is 11.1. The number of aliphatic hydroxyl groups is 2. The topological polar surface area (TPSA) is 99.4 Å². The molecule has 4 N–H and O–H groups in total. The van der Waals surface area contributed by atoms with E-state index in [0.717, 1.165) is 11.1 Å². The van der Waals surface area contributed by atoms with Crippen LogP contribution in [0.4, 0.5) is 0 Å². The quantitative estimate of drug-likeness (QED) is 0.583. The van der Waals surface area contributed by atoms with Crippen molar-refractivity contribution in [2.45, 2.75) is 19.3 Å². The molecular formula is C19H24O6. The Hall–Kier alpha value is -2.44. The molecule has 25 heavy (non-hydrogen) atoms. The van der Waals surface area contributed by atoms with Crippen molar-refractivity contribution in [3.63, 3.8) is 0 Å². The second kappa shape index (κ2) is 8.09. The zero-order valence-electron chi connectivity index (χ0n) is 14.4. The maximum atomic E-state index is 10.1. The van der Waals surface area contributed by atoms with E-state index in [-0.39, 0.29) is 43.7 Å². The summed E-state index contributed by atoms with van der Waals surface area (Å²) in [7, 11) is 0. The molecule has 0 amide bonds. The van der Waals surface area contributed by atoms with Crippen molar-refractivity contribution in [3.8, 4) is 23.0 Å². The Morgan fingerprint density at radius 3 is 1.92 bits per heavy atom. The number of hydrogen-bond donors (Lipinski definition) is 4. The van der Waals surface area contributed by atoms with Crippen LogP contribution in [0.25, 0.3) is 0 Å². The van der Waals surface area contributed by atoms with Crippen LogP contribution in [0.15, 0.2) is 36.4 Å². The number of aliphatic hydroxyl groups excluding tert-OH is 2. The van der Waals surface area contributed by atoms with Crippen molar-refractivity contribution in [2.75, 3.05) is 26.4 Å². The van der Waals surface area contributed by atoms with Gasteiger partial charge in [-0.1, -0.05) is 32.0 Å². The van der Waals surface area contributed by atoms with Crippen LogP contribution in [0, 0.1) is 0 Å². The second-order valence-electron chi connectivity index (χ2n) is 6.11. The molecule has 0 aliphatic heterocycles. The van der Waals surface area contributed by atoms with Crippen molar-refractivity contribution in [3.05, 3.63) is 47.5 Å². The summed E-state index contributed by atoms with van der Waals surface area (Å²) in [6.45, 7) is 3.61. The predicted octanol–water partition coefficient (Wildman–Crippen LogP) is 2.17. The SMILES string of the molecule is CC(C)(c1ccc(O)cc1)c1ccc(O)c(OCCO)c1OCCO. The third kappa shape index (κ3) is 4.15. The molecule has 0 aromatic heterocycles. The van der Waals surface area contributed by atoms with Gasteiger partial charge in [-0.25, -0.2) is 0 Å². The Kier molecular flexibility index (Phi) is 6.12. The molecule has 2 aromatic rings. The average molecular weight is 348 g/mol. The highest BCUT2D eigenvalue weighted by Gasteiger charge is 2.30. The van der Waals surface area contributed by atoms with Crippen molar-refractivity contribution in [2.24, 2.45) is 0 Å². The molecule has 136 valence electrons. The lowest BCUT2D eigenvalue weighted by Crippen LogP contribution is -2.21. The molecule has 2 rings (SSSR count). The molecule has 0 bridgehead atoms. The lowest BCUT2D eigenvalue weighted by atomic mass is 9.77. The van der Waals surface area contributed by atoms with Gasteiger partial charge < -0.3 is 29.9 Å². The first-order valence-electron chi connectivity index (χ1n) is 8.05. The van der Waals surface area contributed by atoms with Crippen LogP contribution in [0.2, 0.25) is 0 Å². The highest BCUT2D eigenvalue weighted by atomic mass is 16.5. The van der Waals surface area contributed by atoms with Gasteiger partial charge in [-0.2, -0.15) is 0 Å². The zero-order valence-corrected chi connectivity index (χ0v) is 14.4. The second-order valence-corrected chi connectivity index (χ2v) is 6.11. The van der Waals surface area contributed by atoms with Crippen LogP contribution in [0.1, 0.15) is 25.0 Å². The summed E-state index contributed by atoms with van der Waals surface area (Å²) in [6, 6.07) is 10.1. The molecule has 0 fully saturated rings. The maximum absolute atomic E-state index is 10.1. The Morgan fingerprint density at radius 2 is 1.36 bits per heavy atom. The minimum atomic E-state index is -0.524. The first-order chi connectivity index (χ1) is 11.9. The van der Waals surface area contributed by atoms with Crippen LogP contribution in [0.3, 0.4) is 0 Å². The number of phenols is 2. The number of ether oxygens (including phenoxy) is 2. The van der Waals surface area contributed by atoms with E-state index in [1.807, 2.05) is 26.0 Å². The van der Waals surface area contributed by atoms with Gasteiger partial charge in [0, 0.05) is 11.0 Å². The normalized spacial score (nSPS) is 11.4. The fourth-order valence-corrected chi connectivity index (χ4v) is 2.66. The van der Waals surface area contributed by atoms with E-state index in [2.05, 4.69) is 0 Å². The largest absolute Gasteiger partial charge is 0.508 e. The minimum Gasteiger partial charge on any atom is -0.508 e. The smallest absolute Gasteiger partial charge is 0.203 e. The fraction of sp³-hybridized carbons (Fsp3) is 0.368. The van der Waals surface area contributed by atoms with E-state index >= 15 is 0 Å². The lowest BCUT2D eigenvalue weighted by molar-refractivity contribution is 0.173. The standard InChI is InChI=1S/C19H24O6/c1-19(2,13-3-5-14(22)6-4-13)15-7-8-16(23)18(25-12-10-21)17(15)24-11-9-20/h3-8,20-23H,9-12H2,1-2H3. The molecule has 0 aliphatic carbocycles. The average Bonchev–Trinajstić information content (AvgIpc) is 2.59. The molecule has 0 heterocycles. The summed E-state index contributed by atoms with van der Waals surface area (Å²) in [4.78, 5) is 0. The Bertz CT molecular complexity index is 694. The van der Waals surface area contributed by atoms with Crippen LogP contribution in [-0.2, 0) is 5.41 Å². The van der Waals surface area contributed by atoms with Gasteiger partial charge in [0.1, 0.15) is 19.0 Å². The fourth-order valence-electron chi connectivity index (χ4n) is 2.66. The molecule has 0 spiro atoms. The van der Waals surface area contributed by atoms with Crippen LogP contribution in [0.5, 0.6) is 23.0 Å². The summed E-state index contributed by atoms with van der Waals surface area (Å²) in [5.74, 6) is 0.521. The number of hydrogen-bond acceptors (Lipinski definition) is 6. The molecule has 0 saturated heterocycles. The van der Waals surface area contributed by atoms with Gasteiger partial charge >= 0.3 is 0 Å². The van der Waals surface area contributed by atoms with Gasteiger partial charge in [0.25, 0.3) is 0 Å². The molecule has 6 heteroatoms. The molecule has 0 aliphatic rings. The van der Waals surface area contributed by atoms with Crippen molar-refractivity contribution in [1.82, 2.24) is 0 Å². The number of phenolic OH excluding ortho intramolecular Hbond substituents is 2. The Balaban J connectivity index is 2.55. The molecular weight excluding hydrogens is 324 g/mol. The molecule has 0 saturated carbocycles. The monoisotopic (exact) mass is 348 g/mol. The van der Waals surface area contributed by atoms with E-state index in [1.165, 1.54) is 6.07 Å². The highest BCUT2D eigenvalue weighted by molar-refractivity contribution is 5.59. The number of benzene rings is 2. The van der Waals surface area contributed by atoms with Crippen LogP contribution in [-0.4, -0.2) is 46.9 Å². The molecule has 2 aromatic carbocycles. The Labute approximate surface area is 146 Å². The van der Waals surface area contributed by atoms with Crippen LogP contribution < -0.4 is 9.47 Å². The molecule has 6 nitrogen and oxygen atoms in total. The van der Waals surface area contributed by atoms with E-state index in [0.29, 0.717) is 5.75 Å². The third-order valence-electron chi connectivity index (χ3n) is 4.03. The first-order valence-corrected chi connectivity index (χ1v) is 8.05. The summed E-state index contributed by atoms with van der Waals surface area (Å²) in [5, 5.41) is 37.8. The van der Waals surface area contributed by atoms with Gasteiger partial charge in [0.2, 0.25) is 5.75 Å². The lowest BCUT2D eigenvalue weighted by Gasteiger charge is -2.29. The molecule has 0 radical (unpaired) electrons. The van der Waals surface area contributed by atoms with E-state index in [9.17, 15) is 10.2 Å². The van der Waals surface area contributed by atoms with E-state index in [4.69, 9.17) is 19.7 Å². The van der Waals surface area contributed by atoms with Crippen LogP contribution >= 0.6 is 0 Å². The summed E-state index contributed by atoms with van der Waals surface area (Å²) in [6.07, 6.45) is 0. The van der Waals surface area contributed by atoms with Crippen molar-refractivity contribution >= 4 is 0 Å². The maximum Gasteiger partial charge on any atom is 0.203 e. The minimum absolute atomic E-state index is 0.00609. The summed E-state index contributed by atoms with van der Waals surface area (Å²) >= 11 is 0. The van der Waals surface area contributed by atoms with Crippen molar-refractivity contribution < 1.29 is 29.9 Å². The van der Waals surface area contributed by atoms with E-state index < -0.39 is 5.41 Å².